The molecule has 0 aromatic heterocycles. The summed E-state index contributed by atoms with van der Waals surface area (Å²) in [5, 5.41) is 9.91. The summed E-state index contributed by atoms with van der Waals surface area (Å²) >= 11 is 0. The van der Waals surface area contributed by atoms with Crippen molar-refractivity contribution in [2.45, 2.75) is 38.6 Å². The van der Waals surface area contributed by atoms with Crippen LogP contribution in [0, 0.1) is 17.2 Å². The van der Waals surface area contributed by atoms with E-state index in [4.69, 9.17) is 19.9 Å². The highest BCUT2D eigenvalue weighted by atomic mass is 16.5. The van der Waals surface area contributed by atoms with Crippen molar-refractivity contribution in [2.24, 2.45) is 11.7 Å². The van der Waals surface area contributed by atoms with Crippen molar-refractivity contribution in [3.05, 3.63) is 17.7 Å². The molecule has 0 fully saturated rings. The van der Waals surface area contributed by atoms with Crippen molar-refractivity contribution in [1.82, 2.24) is 0 Å². The van der Waals surface area contributed by atoms with Gasteiger partial charge in [0.1, 0.15) is 0 Å². The van der Waals surface area contributed by atoms with E-state index < -0.39 is 5.41 Å². The number of methoxy groups -OCH3 is 3. The summed E-state index contributed by atoms with van der Waals surface area (Å²) < 4.78 is 16.1. The maximum absolute atomic E-state index is 9.91. The molecule has 2 atom stereocenters. The first-order chi connectivity index (χ1) is 10.4. The molecule has 0 aliphatic carbocycles. The highest BCUT2D eigenvalue weighted by molar-refractivity contribution is 5.57. The average Bonchev–Trinajstić information content (AvgIpc) is 2.54. The van der Waals surface area contributed by atoms with Crippen LogP contribution in [0.25, 0.3) is 0 Å². The molecule has 0 heterocycles. The normalized spacial score (nSPS) is 14.9. The Labute approximate surface area is 133 Å². The Morgan fingerprint density at radius 2 is 1.64 bits per heavy atom. The predicted octanol–water partition coefficient (Wildman–Crippen LogP) is 2.87. The monoisotopic (exact) mass is 306 g/mol. The number of nitrogens with zero attached hydrogens (tertiary/aromatic N) is 1. The van der Waals surface area contributed by atoms with Crippen LogP contribution in [0.2, 0.25) is 0 Å². The van der Waals surface area contributed by atoms with Crippen LogP contribution in [0.3, 0.4) is 0 Å². The average molecular weight is 306 g/mol. The third-order valence-corrected chi connectivity index (χ3v) is 4.26. The first-order valence-corrected chi connectivity index (χ1v) is 7.40. The van der Waals surface area contributed by atoms with Crippen LogP contribution in [0.15, 0.2) is 12.1 Å². The summed E-state index contributed by atoms with van der Waals surface area (Å²) in [6, 6.07) is 5.79. The van der Waals surface area contributed by atoms with Gasteiger partial charge < -0.3 is 19.9 Å². The van der Waals surface area contributed by atoms with Gasteiger partial charge in [0.05, 0.1) is 32.8 Å². The number of rotatable bonds is 7. The van der Waals surface area contributed by atoms with Crippen LogP contribution in [0.5, 0.6) is 17.2 Å². The largest absolute Gasteiger partial charge is 0.493 e. The summed E-state index contributed by atoms with van der Waals surface area (Å²) in [5.41, 5.74) is 6.28. The van der Waals surface area contributed by atoms with Gasteiger partial charge in [-0.2, -0.15) is 5.26 Å². The lowest BCUT2D eigenvalue weighted by molar-refractivity contribution is 0.304. The first-order valence-electron chi connectivity index (χ1n) is 7.40. The summed E-state index contributed by atoms with van der Waals surface area (Å²) in [7, 11) is 4.67. The van der Waals surface area contributed by atoms with Gasteiger partial charge in [-0.25, -0.2) is 0 Å². The van der Waals surface area contributed by atoms with E-state index in [1.165, 1.54) is 0 Å². The number of ether oxygens (including phenoxy) is 3. The van der Waals surface area contributed by atoms with Gasteiger partial charge in [0.2, 0.25) is 5.75 Å². The molecule has 1 aromatic rings. The maximum atomic E-state index is 9.91. The molecule has 2 N–H and O–H groups in total. The fourth-order valence-corrected chi connectivity index (χ4v) is 2.89. The number of benzene rings is 1. The number of nitrogens with two attached hydrogens (primary N) is 1. The van der Waals surface area contributed by atoms with Crippen molar-refractivity contribution in [3.63, 3.8) is 0 Å². The standard InChI is InChI=1S/C17H26N2O3/c1-7-15(19)17(10-18,11(2)3)12-8-13(20-4)16(22-6)14(9-12)21-5/h8-9,11,15H,7,19H2,1-6H3. The predicted molar refractivity (Wildman–Crippen MR) is 86.5 cm³/mol. The van der Waals surface area contributed by atoms with Gasteiger partial charge in [0, 0.05) is 6.04 Å². The molecule has 5 heteroatoms. The molecule has 22 heavy (non-hydrogen) atoms. The van der Waals surface area contributed by atoms with E-state index in [1.807, 2.05) is 32.9 Å². The molecule has 0 aliphatic rings. The fourth-order valence-electron chi connectivity index (χ4n) is 2.89. The van der Waals surface area contributed by atoms with E-state index in [-0.39, 0.29) is 12.0 Å². The molecular weight excluding hydrogens is 280 g/mol. The van der Waals surface area contributed by atoms with Gasteiger partial charge in [-0.15, -0.1) is 0 Å². The molecule has 1 rings (SSSR count). The highest BCUT2D eigenvalue weighted by Crippen LogP contribution is 2.44. The van der Waals surface area contributed by atoms with Gasteiger partial charge >= 0.3 is 0 Å². The minimum Gasteiger partial charge on any atom is -0.493 e. The number of nitriles is 1. The smallest absolute Gasteiger partial charge is 0.203 e. The van der Waals surface area contributed by atoms with Crippen LogP contribution in [0.4, 0.5) is 0 Å². The van der Waals surface area contributed by atoms with Crippen LogP contribution in [-0.2, 0) is 5.41 Å². The summed E-state index contributed by atoms with van der Waals surface area (Å²) in [6.07, 6.45) is 0.697. The van der Waals surface area contributed by atoms with Crippen LogP contribution in [-0.4, -0.2) is 27.4 Å². The van der Waals surface area contributed by atoms with Crippen molar-refractivity contribution in [3.8, 4) is 23.3 Å². The fraction of sp³-hybridized carbons (Fsp3) is 0.588. The van der Waals surface area contributed by atoms with Gasteiger partial charge in [0.15, 0.2) is 11.5 Å². The Morgan fingerprint density at radius 3 is 1.91 bits per heavy atom. The topological polar surface area (TPSA) is 77.5 Å². The highest BCUT2D eigenvalue weighted by Gasteiger charge is 2.42. The van der Waals surface area contributed by atoms with Gasteiger partial charge in [0.25, 0.3) is 0 Å². The summed E-state index contributed by atoms with van der Waals surface area (Å²) in [6.45, 7) is 5.99. The van der Waals surface area contributed by atoms with Crippen LogP contribution in [0.1, 0.15) is 32.8 Å². The van der Waals surface area contributed by atoms with Gasteiger partial charge in [-0.3, -0.25) is 0 Å². The molecule has 0 radical (unpaired) electrons. The molecular formula is C17H26N2O3. The second-order valence-electron chi connectivity index (χ2n) is 5.56. The van der Waals surface area contributed by atoms with Crippen molar-refractivity contribution < 1.29 is 14.2 Å². The minimum absolute atomic E-state index is 0.0373. The van der Waals surface area contributed by atoms with Crippen molar-refractivity contribution in [1.29, 1.82) is 5.26 Å². The van der Waals surface area contributed by atoms with E-state index in [0.717, 1.165) is 5.56 Å². The van der Waals surface area contributed by atoms with Crippen LogP contribution >= 0.6 is 0 Å². The SMILES string of the molecule is CCC(N)C(C#N)(c1cc(OC)c(OC)c(OC)c1)C(C)C. The lowest BCUT2D eigenvalue weighted by Crippen LogP contribution is -2.48. The first kappa shape index (κ1) is 18.1. The second kappa shape index (κ2) is 7.37. The Morgan fingerprint density at radius 1 is 1.14 bits per heavy atom. The molecule has 0 aliphatic heterocycles. The Hall–Kier alpha value is -1.93. The van der Waals surface area contributed by atoms with E-state index in [2.05, 4.69) is 6.07 Å². The molecule has 5 nitrogen and oxygen atoms in total. The Kier molecular flexibility index (Phi) is 6.07. The lowest BCUT2D eigenvalue weighted by Gasteiger charge is -2.37. The number of hydrogen-bond acceptors (Lipinski definition) is 5. The van der Waals surface area contributed by atoms with E-state index in [9.17, 15) is 5.26 Å². The second-order valence-corrected chi connectivity index (χ2v) is 5.56. The zero-order valence-electron chi connectivity index (χ0n) is 14.3. The van der Waals surface area contributed by atoms with Gasteiger partial charge in [-0.1, -0.05) is 20.8 Å². The molecule has 0 saturated heterocycles. The third kappa shape index (κ3) is 2.84. The number of hydrogen-bond donors (Lipinski definition) is 1. The van der Waals surface area contributed by atoms with Gasteiger partial charge in [-0.05, 0) is 30.0 Å². The Balaban J connectivity index is 3.67. The molecule has 0 amide bonds. The molecule has 122 valence electrons. The third-order valence-electron chi connectivity index (χ3n) is 4.26. The van der Waals surface area contributed by atoms with Crippen molar-refractivity contribution >= 4 is 0 Å². The zero-order chi connectivity index (χ0) is 16.9. The zero-order valence-corrected chi connectivity index (χ0v) is 14.3. The molecule has 1 aromatic carbocycles. The van der Waals surface area contributed by atoms with Crippen LogP contribution < -0.4 is 19.9 Å². The maximum Gasteiger partial charge on any atom is 0.203 e. The molecule has 0 bridgehead atoms. The van der Waals surface area contributed by atoms with E-state index >= 15 is 0 Å². The Bertz CT molecular complexity index is 526. The molecule has 0 spiro atoms. The molecule has 2 unspecified atom stereocenters. The minimum atomic E-state index is -0.818. The summed E-state index contributed by atoms with van der Waals surface area (Å²) in [4.78, 5) is 0. The van der Waals surface area contributed by atoms with Crippen molar-refractivity contribution in [2.75, 3.05) is 21.3 Å². The quantitative estimate of drug-likeness (QED) is 0.838. The molecule has 0 saturated carbocycles. The van der Waals surface area contributed by atoms with E-state index in [1.54, 1.807) is 21.3 Å². The lowest BCUT2D eigenvalue weighted by atomic mass is 9.67. The van der Waals surface area contributed by atoms with E-state index in [0.29, 0.717) is 23.7 Å². The summed E-state index contributed by atoms with van der Waals surface area (Å²) in [5.74, 6) is 1.60.